The molecule has 0 fully saturated rings. The third-order valence-corrected chi connectivity index (χ3v) is 3.72. The van der Waals surface area contributed by atoms with E-state index in [1.54, 1.807) is 0 Å². The molecule has 100 valence electrons. The van der Waals surface area contributed by atoms with E-state index in [9.17, 15) is 0 Å². The summed E-state index contributed by atoms with van der Waals surface area (Å²) in [6.07, 6.45) is 0. The minimum Gasteiger partial charge on any atom is -0.324 e. The lowest BCUT2D eigenvalue weighted by Gasteiger charge is -2.10. The van der Waals surface area contributed by atoms with Gasteiger partial charge in [-0.1, -0.05) is 41.9 Å². The Hall–Kier alpha value is -1.90. The Kier molecular flexibility index (Phi) is 3.43. The molecular weight excluding hydrogens is 268 g/mol. The Labute approximate surface area is 123 Å². The highest BCUT2D eigenvalue weighted by atomic mass is 35.5. The van der Waals surface area contributed by atoms with Crippen molar-refractivity contribution in [2.45, 2.75) is 13.0 Å². The molecule has 0 amide bonds. The van der Waals surface area contributed by atoms with E-state index in [2.05, 4.69) is 11.1 Å². The Morgan fingerprint density at radius 3 is 2.65 bits per heavy atom. The number of benzene rings is 2. The maximum absolute atomic E-state index is 6.31. The van der Waals surface area contributed by atoms with Crippen molar-refractivity contribution in [2.75, 3.05) is 0 Å². The maximum atomic E-state index is 6.31. The van der Waals surface area contributed by atoms with Gasteiger partial charge in [-0.15, -0.1) is 0 Å². The SMILES string of the molecule is CC(N)c1ccc(Cl)c(-c2ccc3ccccc3n2)c1. The quantitative estimate of drug-likeness (QED) is 0.747. The van der Waals surface area contributed by atoms with Crippen LogP contribution >= 0.6 is 11.6 Å². The van der Waals surface area contributed by atoms with Gasteiger partial charge >= 0.3 is 0 Å². The van der Waals surface area contributed by atoms with E-state index in [4.69, 9.17) is 17.3 Å². The molecule has 0 aliphatic carbocycles. The van der Waals surface area contributed by atoms with Gasteiger partial charge in [0.2, 0.25) is 0 Å². The van der Waals surface area contributed by atoms with Gasteiger partial charge in [-0.2, -0.15) is 0 Å². The highest BCUT2D eigenvalue weighted by molar-refractivity contribution is 6.33. The van der Waals surface area contributed by atoms with Crippen molar-refractivity contribution in [3.05, 3.63) is 65.2 Å². The summed E-state index contributed by atoms with van der Waals surface area (Å²) in [5.74, 6) is 0. The second-order valence-electron chi connectivity index (χ2n) is 4.92. The molecule has 0 bridgehead atoms. The molecule has 3 heteroatoms. The molecule has 0 aliphatic heterocycles. The van der Waals surface area contributed by atoms with Crippen LogP contribution in [-0.4, -0.2) is 4.98 Å². The molecule has 2 nitrogen and oxygen atoms in total. The van der Waals surface area contributed by atoms with Crippen LogP contribution in [0.2, 0.25) is 5.02 Å². The summed E-state index contributed by atoms with van der Waals surface area (Å²) in [7, 11) is 0. The number of halogens is 1. The summed E-state index contributed by atoms with van der Waals surface area (Å²) in [4.78, 5) is 4.68. The van der Waals surface area contributed by atoms with Gasteiger partial charge in [-0.25, -0.2) is 4.98 Å². The molecule has 3 rings (SSSR count). The van der Waals surface area contributed by atoms with E-state index in [0.717, 1.165) is 27.7 Å². The molecule has 0 spiro atoms. The molecule has 1 atom stereocenters. The molecule has 3 aromatic rings. The lowest BCUT2D eigenvalue weighted by atomic mass is 10.0. The predicted octanol–water partition coefficient (Wildman–Crippen LogP) is 4.57. The van der Waals surface area contributed by atoms with E-state index in [1.165, 1.54) is 0 Å². The summed E-state index contributed by atoms with van der Waals surface area (Å²) < 4.78 is 0. The summed E-state index contributed by atoms with van der Waals surface area (Å²) in [5, 5.41) is 1.81. The van der Waals surface area contributed by atoms with Gasteiger partial charge in [0.15, 0.2) is 0 Å². The molecule has 1 aromatic heterocycles. The third-order valence-electron chi connectivity index (χ3n) is 3.39. The van der Waals surface area contributed by atoms with Crippen LogP contribution in [0.1, 0.15) is 18.5 Å². The lowest BCUT2D eigenvalue weighted by Crippen LogP contribution is -2.04. The van der Waals surface area contributed by atoms with E-state index in [0.29, 0.717) is 5.02 Å². The summed E-state index contributed by atoms with van der Waals surface area (Å²) in [6, 6.07) is 17.9. The minimum atomic E-state index is -0.0218. The van der Waals surface area contributed by atoms with Crippen molar-refractivity contribution in [1.29, 1.82) is 0 Å². The molecule has 0 aliphatic rings. The predicted molar refractivity (Wildman–Crippen MR) is 84.8 cm³/mol. The average molecular weight is 283 g/mol. The Bertz CT molecular complexity index is 766. The van der Waals surface area contributed by atoms with Gasteiger partial charge in [0.25, 0.3) is 0 Å². The monoisotopic (exact) mass is 282 g/mol. The zero-order chi connectivity index (χ0) is 14.1. The first kappa shape index (κ1) is 13.1. The van der Waals surface area contributed by atoms with Gasteiger partial charge in [0.05, 0.1) is 11.2 Å². The number of hydrogen-bond acceptors (Lipinski definition) is 2. The van der Waals surface area contributed by atoms with Crippen LogP contribution in [0.4, 0.5) is 0 Å². The summed E-state index contributed by atoms with van der Waals surface area (Å²) in [6.45, 7) is 1.96. The van der Waals surface area contributed by atoms with Gasteiger partial charge < -0.3 is 5.73 Å². The smallest absolute Gasteiger partial charge is 0.0724 e. The van der Waals surface area contributed by atoms with E-state index in [-0.39, 0.29) is 6.04 Å². The van der Waals surface area contributed by atoms with Crippen LogP contribution in [0.25, 0.3) is 22.2 Å². The lowest BCUT2D eigenvalue weighted by molar-refractivity contribution is 0.818. The highest BCUT2D eigenvalue weighted by Crippen LogP contribution is 2.30. The van der Waals surface area contributed by atoms with Crippen molar-refractivity contribution in [3.8, 4) is 11.3 Å². The molecule has 0 saturated carbocycles. The second kappa shape index (κ2) is 5.23. The first-order valence-corrected chi connectivity index (χ1v) is 6.94. The molecule has 0 saturated heterocycles. The fourth-order valence-corrected chi connectivity index (χ4v) is 2.45. The minimum absolute atomic E-state index is 0.0218. The standard InChI is InChI=1S/C17H15ClN2/c1-11(19)13-6-8-15(18)14(10-13)17-9-7-12-4-2-3-5-16(12)20-17/h2-11H,19H2,1H3. The second-order valence-corrected chi connectivity index (χ2v) is 5.32. The van der Waals surface area contributed by atoms with E-state index >= 15 is 0 Å². The molecular formula is C17H15ClN2. The number of aromatic nitrogens is 1. The van der Waals surface area contributed by atoms with Gasteiger partial charge in [-0.3, -0.25) is 0 Å². The first-order valence-electron chi connectivity index (χ1n) is 6.56. The van der Waals surface area contributed by atoms with Gasteiger partial charge in [0.1, 0.15) is 0 Å². The van der Waals surface area contributed by atoms with E-state index in [1.807, 2.05) is 55.5 Å². The largest absolute Gasteiger partial charge is 0.324 e. The number of rotatable bonds is 2. The fraction of sp³-hybridized carbons (Fsp3) is 0.118. The Balaban J connectivity index is 2.17. The Morgan fingerprint density at radius 1 is 1.05 bits per heavy atom. The Morgan fingerprint density at radius 2 is 1.85 bits per heavy atom. The van der Waals surface area contributed by atoms with Crippen molar-refractivity contribution >= 4 is 22.5 Å². The van der Waals surface area contributed by atoms with Crippen molar-refractivity contribution in [3.63, 3.8) is 0 Å². The number of pyridine rings is 1. The third kappa shape index (κ3) is 2.40. The van der Waals surface area contributed by atoms with Gasteiger partial charge in [-0.05, 0) is 36.8 Å². The normalized spacial score (nSPS) is 12.6. The van der Waals surface area contributed by atoms with Crippen molar-refractivity contribution < 1.29 is 0 Å². The van der Waals surface area contributed by atoms with Crippen LogP contribution in [0.5, 0.6) is 0 Å². The highest BCUT2D eigenvalue weighted by Gasteiger charge is 2.09. The average Bonchev–Trinajstić information content (AvgIpc) is 2.47. The number of fused-ring (bicyclic) bond motifs is 1. The maximum Gasteiger partial charge on any atom is 0.0724 e. The van der Waals surface area contributed by atoms with Crippen LogP contribution in [-0.2, 0) is 0 Å². The summed E-state index contributed by atoms with van der Waals surface area (Å²) >= 11 is 6.31. The van der Waals surface area contributed by atoms with E-state index < -0.39 is 0 Å². The zero-order valence-corrected chi connectivity index (χ0v) is 11.9. The number of nitrogens with two attached hydrogens (primary N) is 1. The number of nitrogens with zero attached hydrogens (tertiary/aromatic N) is 1. The fourth-order valence-electron chi connectivity index (χ4n) is 2.24. The molecule has 1 heterocycles. The van der Waals surface area contributed by atoms with Gasteiger partial charge in [0, 0.05) is 22.0 Å². The van der Waals surface area contributed by atoms with Crippen LogP contribution in [0.3, 0.4) is 0 Å². The number of para-hydroxylation sites is 1. The van der Waals surface area contributed by atoms with Crippen molar-refractivity contribution in [1.82, 2.24) is 4.98 Å². The molecule has 0 radical (unpaired) electrons. The molecule has 1 unspecified atom stereocenters. The van der Waals surface area contributed by atoms with Crippen LogP contribution < -0.4 is 5.73 Å². The first-order chi connectivity index (χ1) is 9.65. The van der Waals surface area contributed by atoms with Crippen LogP contribution in [0.15, 0.2) is 54.6 Å². The molecule has 2 aromatic carbocycles. The molecule has 20 heavy (non-hydrogen) atoms. The topological polar surface area (TPSA) is 38.9 Å². The number of hydrogen-bond donors (Lipinski definition) is 1. The van der Waals surface area contributed by atoms with Crippen LogP contribution in [0, 0.1) is 0 Å². The summed E-state index contributed by atoms with van der Waals surface area (Å²) in [5.41, 5.74) is 9.75. The zero-order valence-electron chi connectivity index (χ0n) is 11.2. The van der Waals surface area contributed by atoms with Crippen molar-refractivity contribution in [2.24, 2.45) is 5.73 Å². The molecule has 2 N–H and O–H groups in total.